The molecule has 0 radical (unpaired) electrons. The molecule has 3 aromatic rings. The van der Waals surface area contributed by atoms with Crippen LogP contribution in [0.2, 0.25) is 0 Å². The van der Waals surface area contributed by atoms with E-state index < -0.39 is 10.0 Å². The Kier molecular flexibility index (Phi) is 3.87. The molecule has 0 aliphatic heterocycles. The van der Waals surface area contributed by atoms with Gasteiger partial charge in [-0.2, -0.15) is 10.1 Å². The molecule has 0 spiro atoms. The van der Waals surface area contributed by atoms with Gasteiger partial charge in [-0.05, 0) is 12.5 Å². The Morgan fingerprint density at radius 1 is 1.22 bits per heavy atom. The average Bonchev–Trinajstić information content (AvgIpc) is 3.11. The third kappa shape index (κ3) is 3.57. The Hall–Kier alpha value is -2.68. The van der Waals surface area contributed by atoms with Crippen molar-refractivity contribution in [2.24, 2.45) is 7.05 Å². The normalized spacial score (nSPS) is 11.6. The van der Waals surface area contributed by atoms with Crippen LogP contribution in [0.3, 0.4) is 0 Å². The fourth-order valence-electron chi connectivity index (χ4n) is 2.01. The number of aromatic nitrogens is 5. The molecule has 9 heteroatoms. The number of nitrogens with one attached hydrogen (secondary N) is 1. The van der Waals surface area contributed by atoms with E-state index in [9.17, 15) is 8.42 Å². The largest absolute Gasteiger partial charge is 0.274 e. The molecule has 1 N–H and O–H groups in total. The lowest BCUT2D eigenvalue weighted by Crippen LogP contribution is -2.14. The molecule has 120 valence electrons. The van der Waals surface area contributed by atoms with Crippen molar-refractivity contribution in [2.45, 2.75) is 18.4 Å². The van der Waals surface area contributed by atoms with Crippen molar-refractivity contribution in [3.05, 3.63) is 54.1 Å². The molecule has 1 aromatic carbocycles. The van der Waals surface area contributed by atoms with Crippen LogP contribution in [0.5, 0.6) is 0 Å². The third-order valence-corrected chi connectivity index (χ3v) is 4.50. The van der Waals surface area contributed by atoms with Crippen molar-refractivity contribution in [2.75, 3.05) is 4.72 Å². The molecule has 8 nitrogen and oxygen atoms in total. The maximum atomic E-state index is 12.2. The number of benzene rings is 1. The minimum atomic E-state index is -3.73. The summed E-state index contributed by atoms with van der Waals surface area (Å²) in [5.41, 5.74) is 2.24. The highest BCUT2D eigenvalue weighted by Crippen LogP contribution is 2.12. The minimum Gasteiger partial charge on any atom is -0.274 e. The number of anilines is 1. The Bertz CT molecular complexity index is 911. The number of hydrogen-bond acceptors (Lipinski definition) is 5. The first-order valence-electron chi connectivity index (χ1n) is 6.89. The average molecular weight is 332 g/mol. The summed E-state index contributed by atoms with van der Waals surface area (Å²) in [7, 11) is -2.08. The maximum Gasteiger partial charge on any atom is 0.267 e. The monoisotopic (exact) mass is 332 g/mol. The topological polar surface area (TPSA) is 94.7 Å². The first kappa shape index (κ1) is 15.2. The van der Waals surface area contributed by atoms with Gasteiger partial charge in [-0.15, -0.1) is 5.10 Å². The number of nitrogens with zero attached hydrogens (tertiary/aromatic N) is 5. The Balaban J connectivity index is 1.73. The summed E-state index contributed by atoms with van der Waals surface area (Å²) in [4.78, 5) is 4.05. The van der Waals surface area contributed by atoms with Crippen LogP contribution >= 0.6 is 0 Å². The van der Waals surface area contributed by atoms with Crippen LogP contribution in [-0.4, -0.2) is 33.0 Å². The molecule has 0 saturated carbocycles. The predicted octanol–water partition coefficient (Wildman–Crippen LogP) is 1.17. The van der Waals surface area contributed by atoms with Gasteiger partial charge in [0.15, 0.2) is 0 Å². The second-order valence-electron chi connectivity index (χ2n) is 5.21. The van der Waals surface area contributed by atoms with Crippen molar-refractivity contribution < 1.29 is 8.42 Å². The second kappa shape index (κ2) is 5.84. The predicted molar refractivity (Wildman–Crippen MR) is 84.3 cm³/mol. The van der Waals surface area contributed by atoms with Crippen LogP contribution in [-0.2, 0) is 23.6 Å². The summed E-state index contributed by atoms with van der Waals surface area (Å²) in [6, 6.07) is 8.02. The molecule has 0 aliphatic carbocycles. The van der Waals surface area contributed by atoms with Gasteiger partial charge < -0.3 is 0 Å². The summed E-state index contributed by atoms with van der Waals surface area (Å²) in [5.74, 6) is 0.0287. The standard InChI is InChI=1S/C14H16N6O2S/c1-11-3-5-12(6-4-11)8-20-10-15-14(17-20)18-23(21,22)13-7-16-19(2)9-13/h3-7,9-10H,8H2,1-2H3,(H,17,18). The van der Waals surface area contributed by atoms with Crippen molar-refractivity contribution in [3.8, 4) is 0 Å². The van der Waals surface area contributed by atoms with E-state index in [1.165, 1.54) is 29.0 Å². The zero-order valence-corrected chi connectivity index (χ0v) is 13.5. The number of sulfonamides is 1. The summed E-state index contributed by atoms with van der Waals surface area (Å²) >= 11 is 0. The van der Waals surface area contributed by atoms with Gasteiger partial charge in [0, 0.05) is 13.2 Å². The third-order valence-electron chi connectivity index (χ3n) is 3.22. The lowest BCUT2D eigenvalue weighted by molar-refractivity contribution is 0.600. The highest BCUT2D eigenvalue weighted by Gasteiger charge is 2.18. The molecule has 0 saturated heterocycles. The van der Waals surface area contributed by atoms with E-state index in [4.69, 9.17) is 0 Å². The van der Waals surface area contributed by atoms with Gasteiger partial charge in [0.1, 0.15) is 11.2 Å². The fraction of sp³-hybridized carbons (Fsp3) is 0.214. The van der Waals surface area contributed by atoms with E-state index >= 15 is 0 Å². The lowest BCUT2D eigenvalue weighted by atomic mass is 10.1. The van der Waals surface area contributed by atoms with Gasteiger partial charge in [0.25, 0.3) is 16.0 Å². The maximum absolute atomic E-state index is 12.2. The molecular formula is C14H16N6O2S. The SMILES string of the molecule is Cc1ccc(Cn2cnc(NS(=O)(=O)c3cnn(C)c3)n2)cc1. The molecule has 2 aromatic heterocycles. The Morgan fingerprint density at radius 2 is 1.96 bits per heavy atom. The molecule has 23 heavy (non-hydrogen) atoms. The second-order valence-corrected chi connectivity index (χ2v) is 6.89. The van der Waals surface area contributed by atoms with E-state index in [0.717, 1.165) is 5.56 Å². The van der Waals surface area contributed by atoms with Crippen molar-refractivity contribution in [1.82, 2.24) is 24.5 Å². The first-order chi connectivity index (χ1) is 10.9. The molecule has 3 rings (SSSR count). The molecule has 0 fully saturated rings. The fourth-order valence-corrected chi connectivity index (χ4v) is 2.94. The summed E-state index contributed by atoms with van der Waals surface area (Å²) in [5, 5.41) is 7.98. The van der Waals surface area contributed by atoms with Gasteiger partial charge in [0.2, 0.25) is 0 Å². The van der Waals surface area contributed by atoms with E-state index in [1.54, 1.807) is 11.7 Å². The highest BCUT2D eigenvalue weighted by molar-refractivity contribution is 7.92. The van der Waals surface area contributed by atoms with Crippen LogP contribution in [0, 0.1) is 6.92 Å². The lowest BCUT2D eigenvalue weighted by Gasteiger charge is -2.02. The number of rotatable bonds is 5. The summed E-state index contributed by atoms with van der Waals surface area (Å²) in [6.45, 7) is 2.53. The highest BCUT2D eigenvalue weighted by atomic mass is 32.2. The van der Waals surface area contributed by atoms with Crippen LogP contribution in [0.4, 0.5) is 5.95 Å². The van der Waals surface area contributed by atoms with E-state index in [0.29, 0.717) is 6.54 Å². The van der Waals surface area contributed by atoms with Crippen molar-refractivity contribution >= 4 is 16.0 Å². The van der Waals surface area contributed by atoms with Gasteiger partial charge in [-0.1, -0.05) is 29.8 Å². The number of aryl methyl sites for hydroxylation is 2. The van der Waals surface area contributed by atoms with Crippen LogP contribution in [0.25, 0.3) is 0 Å². The summed E-state index contributed by atoms with van der Waals surface area (Å²) < 4.78 is 29.7. The Labute approximate surface area is 133 Å². The molecule has 0 aliphatic rings. The summed E-state index contributed by atoms with van der Waals surface area (Å²) in [6.07, 6.45) is 4.16. The van der Waals surface area contributed by atoms with Gasteiger partial charge in [-0.3, -0.25) is 4.68 Å². The first-order valence-corrected chi connectivity index (χ1v) is 8.37. The van der Waals surface area contributed by atoms with Crippen LogP contribution in [0.15, 0.2) is 47.9 Å². The Morgan fingerprint density at radius 3 is 2.61 bits per heavy atom. The molecule has 2 heterocycles. The quantitative estimate of drug-likeness (QED) is 0.757. The van der Waals surface area contributed by atoms with E-state index in [2.05, 4.69) is 19.9 Å². The van der Waals surface area contributed by atoms with Crippen LogP contribution < -0.4 is 4.72 Å². The zero-order chi connectivity index (χ0) is 16.4. The van der Waals surface area contributed by atoms with Gasteiger partial charge in [0.05, 0.1) is 12.7 Å². The molecule has 0 bridgehead atoms. The van der Waals surface area contributed by atoms with Crippen molar-refractivity contribution in [3.63, 3.8) is 0 Å². The molecule has 0 unspecified atom stereocenters. The minimum absolute atomic E-state index is 0.0287. The van der Waals surface area contributed by atoms with Crippen LogP contribution in [0.1, 0.15) is 11.1 Å². The molecular weight excluding hydrogens is 316 g/mol. The van der Waals surface area contributed by atoms with E-state index in [-0.39, 0.29) is 10.8 Å². The smallest absolute Gasteiger partial charge is 0.267 e. The molecule has 0 amide bonds. The van der Waals surface area contributed by atoms with Gasteiger partial charge >= 0.3 is 0 Å². The number of hydrogen-bond donors (Lipinski definition) is 1. The van der Waals surface area contributed by atoms with E-state index in [1.807, 2.05) is 31.2 Å². The van der Waals surface area contributed by atoms with Crippen molar-refractivity contribution in [1.29, 1.82) is 0 Å². The van der Waals surface area contributed by atoms with Gasteiger partial charge in [-0.25, -0.2) is 17.8 Å². The zero-order valence-electron chi connectivity index (χ0n) is 12.7. The molecule has 0 atom stereocenters.